The monoisotopic (exact) mass is 262 g/mol. The lowest BCUT2D eigenvalue weighted by atomic mass is 10.2. The molecule has 0 aliphatic carbocycles. The van der Waals surface area contributed by atoms with Crippen molar-refractivity contribution in [3.63, 3.8) is 0 Å². The number of carboxylic acids is 1. The Hall–Kier alpha value is -2.21. The van der Waals surface area contributed by atoms with Crippen LogP contribution in [0.3, 0.4) is 0 Å². The number of nitrogens with zero attached hydrogens (tertiary/aromatic N) is 1. The number of aryl methyl sites for hydroxylation is 1. The predicted molar refractivity (Wildman–Crippen MR) is 68.2 cm³/mol. The van der Waals surface area contributed by atoms with E-state index in [1.165, 1.54) is 29.7 Å². The van der Waals surface area contributed by atoms with Crippen molar-refractivity contribution >= 4 is 28.2 Å². The maximum Gasteiger partial charge on any atom is 0.354 e. The third kappa shape index (κ3) is 2.54. The fraction of sp³-hybridized carbons (Fsp3) is 0.0833. The summed E-state index contributed by atoms with van der Waals surface area (Å²) in [5.74, 6) is -1.50. The standard InChI is InChI=1S/C12H10N2O3S/c1-7-3-5-18-11(7)14-10(15)8-2-4-13-9(6-8)12(16)17/h2-6H,1H3,(H,14,15)(H,16,17). The molecule has 0 bridgehead atoms. The van der Waals surface area contributed by atoms with Crippen LogP contribution in [0.4, 0.5) is 5.00 Å². The second-order valence-electron chi connectivity index (χ2n) is 3.62. The summed E-state index contributed by atoms with van der Waals surface area (Å²) in [7, 11) is 0. The summed E-state index contributed by atoms with van der Waals surface area (Å²) in [5.41, 5.74) is 1.10. The van der Waals surface area contributed by atoms with Crippen LogP contribution in [0.25, 0.3) is 0 Å². The van der Waals surface area contributed by atoms with Gasteiger partial charge >= 0.3 is 5.97 Å². The van der Waals surface area contributed by atoms with E-state index in [1.807, 2.05) is 18.4 Å². The zero-order valence-electron chi connectivity index (χ0n) is 9.51. The van der Waals surface area contributed by atoms with E-state index in [0.29, 0.717) is 0 Å². The largest absolute Gasteiger partial charge is 0.477 e. The first-order valence-electron chi connectivity index (χ1n) is 5.12. The normalized spacial score (nSPS) is 10.1. The molecule has 6 heteroatoms. The van der Waals surface area contributed by atoms with Crippen LogP contribution in [0, 0.1) is 6.92 Å². The molecule has 92 valence electrons. The van der Waals surface area contributed by atoms with Crippen LogP contribution in [0.5, 0.6) is 0 Å². The number of hydrogen-bond acceptors (Lipinski definition) is 4. The van der Waals surface area contributed by atoms with Gasteiger partial charge in [0.25, 0.3) is 5.91 Å². The summed E-state index contributed by atoms with van der Waals surface area (Å²) in [5, 5.41) is 14.2. The Balaban J connectivity index is 2.21. The number of carbonyl (C=O) groups excluding carboxylic acids is 1. The van der Waals surface area contributed by atoms with Gasteiger partial charge in [0.2, 0.25) is 0 Å². The van der Waals surface area contributed by atoms with Gasteiger partial charge in [-0.2, -0.15) is 0 Å². The zero-order valence-corrected chi connectivity index (χ0v) is 10.3. The van der Waals surface area contributed by atoms with Crippen molar-refractivity contribution in [3.05, 3.63) is 46.6 Å². The van der Waals surface area contributed by atoms with E-state index in [4.69, 9.17) is 5.11 Å². The highest BCUT2D eigenvalue weighted by Gasteiger charge is 2.12. The highest BCUT2D eigenvalue weighted by atomic mass is 32.1. The van der Waals surface area contributed by atoms with Gasteiger partial charge in [0.1, 0.15) is 5.69 Å². The van der Waals surface area contributed by atoms with Crippen LogP contribution >= 0.6 is 11.3 Å². The molecule has 1 amide bonds. The molecule has 0 spiro atoms. The minimum atomic E-state index is -1.16. The van der Waals surface area contributed by atoms with E-state index in [-0.39, 0.29) is 17.2 Å². The van der Waals surface area contributed by atoms with Crippen molar-refractivity contribution < 1.29 is 14.7 Å². The van der Waals surface area contributed by atoms with Gasteiger partial charge in [-0.1, -0.05) is 0 Å². The number of rotatable bonds is 3. The number of amides is 1. The summed E-state index contributed by atoms with van der Waals surface area (Å²) in [4.78, 5) is 26.3. The molecule has 0 radical (unpaired) electrons. The summed E-state index contributed by atoms with van der Waals surface area (Å²) < 4.78 is 0. The molecule has 2 N–H and O–H groups in total. The molecule has 0 fully saturated rings. The van der Waals surface area contributed by atoms with Crippen LogP contribution in [0.2, 0.25) is 0 Å². The summed E-state index contributed by atoms with van der Waals surface area (Å²) in [6.07, 6.45) is 1.31. The number of pyridine rings is 1. The number of carboxylic acid groups (broad SMARTS) is 1. The van der Waals surface area contributed by atoms with Crippen molar-refractivity contribution in [2.75, 3.05) is 5.32 Å². The Morgan fingerprint density at radius 2 is 2.17 bits per heavy atom. The van der Waals surface area contributed by atoms with Crippen LogP contribution in [0.15, 0.2) is 29.8 Å². The SMILES string of the molecule is Cc1ccsc1NC(=O)c1ccnc(C(=O)O)c1. The van der Waals surface area contributed by atoms with Gasteiger partial charge in [-0.05, 0) is 36.1 Å². The van der Waals surface area contributed by atoms with Crippen molar-refractivity contribution in [1.29, 1.82) is 0 Å². The molecule has 0 atom stereocenters. The molecular formula is C12H10N2O3S. The number of anilines is 1. The summed E-state index contributed by atoms with van der Waals surface area (Å²) in [6, 6.07) is 4.63. The lowest BCUT2D eigenvalue weighted by Crippen LogP contribution is -2.13. The number of thiophene rings is 1. The van der Waals surface area contributed by atoms with Gasteiger partial charge < -0.3 is 10.4 Å². The van der Waals surface area contributed by atoms with Gasteiger partial charge in [0.05, 0.1) is 5.00 Å². The van der Waals surface area contributed by atoms with Crippen molar-refractivity contribution in [1.82, 2.24) is 4.98 Å². The molecule has 5 nitrogen and oxygen atoms in total. The molecule has 0 aliphatic rings. The fourth-order valence-corrected chi connectivity index (χ4v) is 2.18. The van der Waals surface area contributed by atoms with Crippen LogP contribution in [0.1, 0.15) is 26.4 Å². The molecular weight excluding hydrogens is 252 g/mol. The molecule has 0 saturated heterocycles. The molecule has 2 aromatic heterocycles. The molecule has 18 heavy (non-hydrogen) atoms. The molecule has 2 aromatic rings. The van der Waals surface area contributed by atoms with Gasteiger partial charge in [0, 0.05) is 11.8 Å². The number of hydrogen-bond donors (Lipinski definition) is 2. The maximum atomic E-state index is 11.9. The Bertz CT molecular complexity index is 607. The lowest BCUT2D eigenvalue weighted by molar-refractivity contribution is 0.0690. The van der Waals surface area contributed by atoms with Crippen LogP contribution < -0.4 is 5.32 Å². The zero-order chi connectivity index (χ0) is 13.1. The maximum absolute atomic E-state index is 11.9. The van der Waals surface area contributed by atoms with Gasteiger partial charge in [-0.15, -0.1) is 11.3 Å². The minimum absolute atomic E-state index is 0.148. The average molecular weight is 262 g/mol. The molecule has 0 aliphatic heterocycles. The first-order valence-corrected chi connectivity index (χ1v) is 6.00. The average Bonchev–Trinajstić information content (AvgIpc) is 2.75. The highest BCUT2D eigenvalue weighted by molar-refractivity contribution is 7.14. The summed E-state index contributed by atoms with van der Waals surface area (Å²) >= 11 is 1.42. The molecule has 0 saturated carbocycles. The van der Waals surface area contributed by atoms with E-state index in [0.717, 1.165) is 10.6 Å². The third-order valence-electron chi connectivity index (χ3n) is 2.33. The van der Waals surface area contributed by atoms with Crippen LogP contribution in [-0.2, 0) is 0 Å². The van der Waals surface area contributed by atoms with E-state index >= 15 is 0 Å². The molecule has 0 unspecified atom stereocenters. The Kier molecular flexibility index (Phi) is 3.38. The predicted octanol–water partition coefficient (Wildman–Crippen LogP) is 2.40. The second-order valence-corrected chi connectivity index (χ2v) is 4.54. The molecule has 0 aromatic carbocycles. The Morgan fingerprint density at radius 3 is 2.78 bits per heavy atom. The van der Waals surface area contributed by atoms with Gasteiger partial charge in [-0.3, -0.25) is 4.79 Å². The smallest absolute Gasteiger partial charge is 0.354 e. The number of aromatic carboxylic acids is 1. The third-order valence-corrected chi connectivity index (χ3v) is 3.26. The van der Waals surface area contributed by atoms with Gasteiger partial charge in [0.15, 0.2) is 0 Å². The Morgan fingerprint density at radius 1 is 1.39 bits per heavy atom. The van der Waals surface area contributed by atoms with E-state index in [2.05, 4.69) is 10.3 Å². The second kappa shape index (κ2) is 4.97. The lowest BCUT2D eigenvalue weighted by Gasteiger charge is -2.04. The van der Waals surface area contributed by atoms with Gasteiger partial charge in [-0.25, -0.2) is 9.78 Å². The minimum Gasteiger partial charge on any atom is -0.477 e. The van der Waals surface area contributed by atoms with E-state index in [9.17, 15) is 9.59 Å². The quantitative estimate of drug-likeness (QED) is 0.890. The Labute approximate surface area is 107 Å². The van der Waals surface area contributed by atoms with Crippen molar-refractivity contribution in [2.24, 2.45) is 0 Å². The van der Waals surface area contributed by atoms with E-state index in [1.54, 1.807) is 0 Å². The number of nitrogens with one attached hydrogen (secondary N) is 1. The van der Waals surface area contributed by atoms with Crippen molar-refractivity contribution in [3.8, 4) is 0 Å². The fourth-order valence-electron chi connectivity index (χ4n) is 1.36. The van der Waals surface area contributed by atoms with Crippen LogP contribution in [-0.4, -0.2) is 22.0 Å². The first kappa shape index (κ1) is 12.3. The van der Waals surface area contributed by atoms with E-state index < -0.39 is 5.97 Å². The topological polar surface area (TPSA) is 79.3 Å². The first-order chi connectivity index (χ1) is 8.58. The number of aromatic nitrogens is 1. The summed E-state index contributed by atoms with van der Waals surface area (Å²) in [6.45, 7) is 1.89. The molecule has 2 rings (SSSR count). The molecule has 2 heterocycles. The number of carbonyl (C=O) groups is 2. The highest BCUT2D eigenvalue weighted by Crippen LogP contribution is 2.22. The van der Waals surface area contributed by atoms with Crippen molar-refractivity contribution in [2.45, 2.75) is 6.92 Å².